The van der Waals surface area contributed by atoms with Crippen LogP contribution >= 0.6 is 0 Å². The van der Waals surface area contributed by atoms with E-state index in [1.807, 2.05) is 0 Å². The van der Waals surface area contributed by atoms with Crippen LogP contribution in [0, 0.1) is 0 Å². The number of nitrogen functional groups attached to an aromatic ring is 1. The molecule has 12 nitrogen and oxygen atoms in total. The highest BCUT2D eigenvalue weighted by Crippen LogP contribution is 2.30. The Morgan fingerprint density at radius 3 is 2.42 bits per heavy atom. The van der Waals surface area contributed by atoms with Gasteiger partial charge >= 0.3 is 5.69 Å². The highest BCUT2D eigenvalue weighted by molar-refractivity contribution is 5.97. The number of methoxy groups -OCH3 is 1. The molecule has 0 spiro atoms. The summed E-state index contributed by atoms with van der Waals surface area (Å²) < 4.78 is 11.8. The molecule has 4 N–H and O–H groups in total. The molecular formula is C21H25N5O7. The molecule has 2 aromatic rings. The van der Waals surface area contributed by atoms with Gasteiger partial charge in [-0.3, -0.25) is 14.2 Å². The number of para-hydroxylation sites is 1. The third kappa shape index (κ3) is 4.27. The summed E-state index contributed by atoms with van der Waals surface area (Å²) in [5.41, 5.74) is 5.13. The van der Waals surface area contributed by atoms with Gasteiger partial charge in [-0.15, -0.1) is 0 Å². The van der Waals surface area contributed by atoms with E-state index in [1.165, 1.54) is 24.3 Å². The van der Waals surface area contributed by atoms with Crippen LogP contribution in [0.4, 0.5) is 5.82 Å². The van der Waals surface area contributed by atoms with E-state index in [0.717, 1.165) is 4.57 Å². The fraction of sp³-hybridized carbons (Fsp3) is 0.429. The van der Waals surface area contributed by atoms with Crippen molar-refractivity contribution in [3.63, 3.8) is 0 Å². The monoisotopic (exact) mass is 459 g/mol. The summed E-state index contributed by atoms with van der Waals surface area (Å²) in [7, 11) is 1.49. The van der Waals surface area contributed by atoms with E-state index < -0.39 is 36.1 Å². The summed E-state index contributed by atoms with van der Waals surface area (Å²) in [5.74, 6) is -0.277. The van der Waals surface area contributed by atoms with Gasteiger partial charge in [0.05, 0.1) is 12.7 Å². The highest BCUT2D eigenvalue weighted by Gasteiger charge is 2.49. The van der Waals surface area contributed by atoms with Crippen LogP contribution in [0.2, 0.25) is 0 Å². The summed E-state index contributed by atoms with van der Waals surface area (Å²) in [6.07, 6.45) is -4.44. The number of nitrogens with two attached hydrogens (primary N) is 1. The topological polar surface area (TPSA) is 160 Å². The Labute approximate surface area is 188 Å². The first-order valence-corrected chi connectivity index (χ1v) is 10.4. The highest BCUT2D eigenvalue weighted by atomic mass is 16.6. The fourth-order valence-corrected chi connectivity index (χ4v) is 4.01. The van der Waals surface area contributed by atoms with Crippen LogP contribution in [0.1, 0.15) is 16.6 Å². The number of benzene rings is 1. The third-order valence-corrected chi connectivity index (χ3v) is 5.82. The molecule has 2 amide bonds. The second-order valence-electron chi connectivity index (χ2n) is 7.79. The standard InChI is InChI=1S/C21H25N5O7/c1-32-13-5-3-2-4-12(13)18(29)24-8-10-25(11-9-24)19(30)17-15(27)16(28)20(33-17)26-7-6-14(22)23-21(26)31/h2-7,15-17,20,27-28H,8-11H2,1H3,(H2,22,23,31)/t15-,16+,17-,20+/m0/s1. The van der Waals surface area contributed by atoms with E-state index >= 15 is 0 Å². The first kappa shape index (κ1) is 22.7. The molecule has 0 unspecified atom stereocenters. The fourth-order valence-electron chi connectivity index (χ4n) is 4.01. The zero-order valence-corrected chi connectivity index (χ0v) is 17.9. The van der Waals surface area contributed by atoms with E-state index in [2.05, 4.69) is 4.98 Å². The number of carbonyl (C=O) groups is 2. The number of nitrogens with zero attached hydrogens (tertiary/aromatic N) is 4. The molecule has 2 aliphatic rings. The van der Waals surface area contributed by atoms with Gasteiger partial charge in [0.1, 0.15) is 23.8 Å². The van der Waals surface area contributed by atoms with Crippen LogP contribution in [-0.2, 0) is 9.53 Å². The zero-order valence-electron chi connectivity index (χ0n) is 17.9. The Balaban J connectivity index is 1.41. The quantitative estimate of drug-likeness (QED) is 0.491. The lowest BCUT2D eigenvalue weighted by Gasteiger charge is -2.36. The number of aliphatic hydroxyl groups is 2. The maximum Gasteiger partial charge on any atom is 0.351 e. The van der Waals surface area contributed by atoms with Gasteiger partial charge < -0.3 is 35.2 Å². The van der Waals surface area contributed by atoms with Crippen LogP contribution in [0.15, 0.2) is 41.3 Å². The van der Waals surface area contributed by atoms with Crippen molar-refractivity contribution in [2.45, 2.75) is 24.5 Å². The van der Waals surface area contributed by atoms with Gasteiger partial charge in [0.2, 0.25) is 0 Å². The van der Waals surface area contributed by atoms with Gasteiger partial charge in [0.15, 0.2) is 12.3 Å². The van der Waals surface area contributed by atoms with E-state index in [-0.39, 0.29) is 37.9 Å². The zero-order chi connectivity index (χ0) is 23.7. The Kier molecular flexibility index (Phi) is 6.31. The van der Waals surface area contributed by atoms with Crippen LogP contribution in [0.5, 0.6) is 5.75 Å². The maximum absolute atomic E-state index is 13.0. The average Bonchev–Trinajstić information content (AvgIpc) is 3.12. The molecule has 0 aliphatic carbocycles. The van der Waals surface area contributed by atoms with Crippen LogP contribution in [0.25, 0.3) is 0 Å². The molecule has 0 radical (unpaired) electrons. The van der Waals surface area contributed by atoms with E-state index in [4.69, 9.17) is 15.2 Å². The second kappa shape index (κ2) is 9.17. The van der Waals surface area contributed by atoms with Crippen LogP contribution in [0.3, 0.4) is 0 Å². The molecule has 1 aromatic carbocycles. The van der Waals surface area contributed by atoms with E-state index in [1.54, 1.807) is 29.2 Å². The summed E-state index contributed by atoms with van der Waals surface area (Å²) in [6.45, 7) is 0.990. The molecule has 2 aliphatic heterocycles. The normalized spacial score (nSPS) is 25.2. The lowest BCUT2D eigenvalue weighted by Crippen LogP contribution is -2.54. The summed E-state index contributed by atoms with van der Waals surface area (Å²) in [4.78, 5) is 44.6. The molecule has 1 aromatic heterocycles. The van der Waals surface area contributed by atoms with Crippen molar-refractivity contribution in [2.24, 2.45) is 0 Å². The van der Waals surface area contributed by atoms with Gasteiger partial charge in [-0.05, 0) is 18.2 Å². The molecule has 4 atom stereocenters. The van der Waals surface area contributed by atoms with Crippen LogP contribution < -0.4 is 16.2 Å². The third-order valence-electron chi connectivity index (χ3n) is 5.82. The minimum atomic E-state index is -1.54. The summed E-state index contributed by atoms with van der Waals surface area (Å²) >= 11 is 0. The molecule has 12 heteroatoms. The van der Waals surface area contributed by atoms with Crippen molar-refractivity contribution in [3.05, 3.63) is 52.6 Å². The smallest absolute Gasteiger partial charge is 0.351 e. The molecule has 3 heterocycles. The van der Waals surface area contributed by atoms with Crippen molar-refractivity contribution >= 4 is 17.6 Å². The minimum absolute atomic E-state index is 0.00236. The molecule has 2 saturated heterocycles. The lowest BCUT2D eigenvalue weighted by atomic mass is 10.1. The van der Waals surface area contributed by atoms with Crippen molar-refractivity contribution in [2.75, 3.05) is 39.0 Å². The number of carbonyl (C=O) groups excluding carboxylic acids is 2. The predicted octanol–water partition coefficient (Wildman–Crippen LogP) is -1.56. The Hall–Kier alpha value is -3.48. The number of rotatable bonds is 4. The Morgan fingerprint density at radius 1 is 1.09 bits per heavy atom. The largest absolute Gasteiger partial charge is 0.496 e. The van der Waals surface area contributed by atoms with Gasteiger partial charge in [-0.25, -0.2) is 4.79 Å². The Morgan fingerprint density at radius 2 is 1.76 bits per heavy atom. The number of amides is 2. The number of hydrogen-bond donors (Lipinski definition) is 3. The van der Waals surface area contributed by atoms with E-state index in [9.17, 15) is 24.6 Å². The summed E-state index contributed by atoms with van der Waals surface area (Å²) in [5, 5.41) is 20.8. The molecular weight excluding hydrogens is 434 g/mol. The van der Waals surface area contributed by atoms with Gasteiger partial charge in [0, 0.05) is 32.4 Å². The van der Waals surface area contributed by atoms with Crippen molar-refractivity contribution in [1.29, 1.82) is 0 Å². The Bertz CT molecular complexity index is 1100. The second-order valence-corrected chi connectivity index (χ2v) is 7.79. The maximum atomic E-state index is 13.0. The molecule has 4 rings (SSSR count). The average molecular weight is 459 g/mol. The predicted molar refractivity (Wildman–Crippen MR) is 114 cm³/mol. The molecule has 176 valence electrons. The minimum Gasteiger partial charge on any atom is -0.496 e. The number of piperazine rings is 1. The number of hydrogen-bond acceptors (Lipinski definition) is 9. The van der Waals surface area contributed by atoms with E-state index in [0.29, 0.717) is 11.3 Å². The summed E-state index contributed by atoms with van der Waals surface area (Å²) in [6, 6.07) is 8.25. The lowest BCUT2D eigenvalue weighted by molar-refractivity contribution is -0.150. The number of aromatic nitrogens is 2. The molecule has 2 fully saturated rings. The molecule has 33 heavy (non-hydrogen) atoms. The number of ether oxygens (including phenoxy) is 2. The van der Waals surface area contributed by atoms with Crippen molar-refractivity contribution < 1.29 is 29.3 Å². The van der Waals surface area contributed by atoms with Gasteiger partial charge in [-0.2, -0.15) is 4.98 Å². The van der Waals surface area contributed by atoms with Crippen LogP contribution in [-0.4, -0.2) is 93.0 Å². The molecule has 0 saturated carbocycles. The number of aliphatic hydroxyl groups excluding tert-OH is 2. The molecule has 0 bridgehead atoms. The SMILES string of the molecule is COc1ccccc1C(=O)N1CCN(C(=O)[C@H]2O[C@@H](n3ccc(N)nc3=O)[C@H](O)[C@@H]2O)CC1. The first-order chi connectivity index (χ1) is 15.8. The van der Waals surface area contributed by atoms with Gasteiger partial charge in [-0.1, -0.05) is 12.1 Å². The van der Waals surface area contributed by atoms with Gasteiger partial charge in [0.25, 0.3) is 11.8 Å². The number of anilines is 1. The van der Waals surface area contributed by atoms with Crippen molar-refractivity contribution in [3.8, 4) is 5.75 Å². The van der Waals surface area contributed by atoms with Crippen molar-refractivity contribution in [1.82, 2.24) is 19.4 Å². The first-order valence-electron chi connectivity index (χ1n) is 10.4.